The van der Waals surface area contributed by atoms with Gasteiger partial charge in [-0.2, -0.15) is 0 Å². The molecule has 0 spiro atoms. The number of carbonyl (C=O) groups excluding carboxylic acids is 1. The first-order valence-electron chi connectivity index (χ1n) is 8.61. The maximum Gasteiger partial charge on any atom is 0.261 e. The summed E-state index contributed by atoms with van der Waals surface area (Å²) >= 11 is 12.1. The first-order chi connectivity index (χ1) is 12.7. The third-order valence-corrected chi connectivity index (χ3v) is 7.24. The summed E-state index contributed by atoms with van der Waals surface area (Å²) < 4.78 is 24.8. The van der Waals surface area contributed by atoms with Crippen molar-refractivity contribution in [3.8, 4) is 0 Å². The summed E-state index contributed by atoms with van der Waals surface area (Å²) in [7, 11) is -3.10. The summed E-state index contributed by atoms with van der Waals surface area (Å²) in [5, 5.41) is 0.819. The monoisotopic (exact) mass is 429 g/mol. The third-order valence-electron chi connectivity index (χ3n) is 4.98. The second kappa shape index (κ2) is 6.76. The maximum atomic E-state index is 12.9. The van der Waals surface area contributed by atoms with E-state index in [0.29, 0.717) is 17.0 Å². The van der Waals surface area contributed by atoms with E-state index in [1.165, 1.54) is 23.0 Å². The van der Waals surface area contributed by atoms with Gasteiger partial charge in [0, 0.05) is 17.1 Å². The minimum absolute atomic E-state index is 0.00861. The Hall–Kier alpha value is -1.64. The molecule has 1 saturated carbocycles. The summed E-state index contributed by atoms with van der Waals surface area (Å²) in [6.45, 7) is -0.195. The van der Waals surface area contributed by atoms with Crippen LogP contribution in [-0.4, -0.2) is 52.4 Å². The summed E-state index contributed by atoms with van der Waals surface area (Å²) in [6.07, 6.45) is 3.45. The number of rotatable bonds is 4. The van der Waals surface area contributed by atoms with E-state index in [1.807, 2.05) is 0 Å². The summed E-state index contributed by atoms with van der Waals surface area (Å²) in [5.74, 6) is -0.176. The molecule has 0 unspecified atom stereocenters. The number of hydrogen-bond donors (Lipinski definition) is 0. The van der Waals surface area contributed by atoms with Gasteiger partial charge in [-0.1, -0.05) is 23.2 Å². The lowest BCUT2D eigenvalue weighted by Gasteiger charge is -2.28. The second-order valence-electron chi connectivity index (χ2n) is 7.05. The highest BCUT2D eigenvalue weighted by atomic mass is 35.5. The van der Waals surface area contributed by atoms with Crippen LogP contribution in [-0.2, 0) is 21.2 Å². The second-order valence-corrected chi connectivity index (χ2v) is 10.1. The van der Waals surface area contributed by atoms with E-state index < -0.39 is 15.4 Å². The molecule has 2 heterocycles. The molecule has 1 aromatic carbocycles. The van der Waals surface area contributed by atoms with Crippen LogP contribution in [0.15, 0.2) is 23.3 Å². The number of halogens is 2. The van der Waals surface area contributed by atoms with Crippen LogP contribution in [0.4, 0.5) is 0 Å². The molecule has 1 saturated heterocycles. The molecule has 0 bridgehead atoms. The van der Waals surface area contributed by atoms with Crippen LogP contribution >= 0.6 is 23.2 Å². The molecule has 27 heavy (non-hydrogen) atoms. The number of aromatic nitrogens is 2. The predicted octanol–water partition coefficient (Wildman–Crippen LogP) is 1.88. The Balaban J connectivity index is 1.64. The highest BCUT2D eigenvalue weighted by Gasteiger charge is 2.42. The van der Waals surface area contributed by atoms with Crippen molar-refractivity contribution in [1.82, 2.24) is 14.5 Å². The van der Waals surface area contributed by atoms with Crippen LogP contribution in [0.2, 0.25) is 10.0 Å². The fourth-order valence-electron chi connectivity index (χ4n) is 3.59. The van der Waals surface area contributed by atoms with Gasteiger partial charge in [0.25, 0.3) is 5.56 Å². The Bertz CT molecular complexity index is 1100. The number of fused-ring (bicyclic) bond motifs is 1. The van der Waals surface area contributed by atoms with E-state index >= 15 is 0 Å². The van der Waals surface area contributed by atoms with Gasteiger partial charge < -0.3 is 4.90 Å². The standard InChI is InChI=1S/C17H17Cl2N3O4S/c18-10-5-13-16(14(19)6-10)20-9-21(17(13)24)7-15(23)22(11-1-2-11)12-3-4-27(25,26)8-12/h5-6,9,11-12H,1-4,7-8H2/t12-/m0/s1. The molecule has 2 aliphatic rings. The molecule has 0 radical (unpaired) electrons. The minimum atomic E-state index is -3.10. The first-order valence-corrected chi connectivity index (χ1v) is 11.2. The van der Waals surface area contributed by atoms with Gasteiger partial charge in [0.1, 0.15) is 6.54 Å². The van der Waals surface area contributed by atoms with Crippen molar-refractivity contribution in [2.75, 3.05) is 11.5 Å². The zero-order valence-electron chi connectivity index (χ0n) is 14.3. The lowest BCUT2D eigenvalue weighted by molar-refractivity contribution is -0.134. The van der Waals surface area contributed by atoms with Crippen LogP contribution in [0.25, 0.3) is 10.9 Å². The van der Waals surface area contributed by atoms with E-state index in [-0.39, 0.29) is 46.5 Å². The smallest absolute Gasteiger partial charge is 0.261 e. The van der Waals surface area contributed by atoms with E-state index in [4.69, 9.17) is 23.2 Å². The molecule has 1 aromatic heterocycles. The Morgan fingerprint density at radius 1 is 1.22 bits per heavy atom. The van der Waals surface area contributed by atoms with Crippen molar-refractivity contribution >= 4 is 49.8 Å². The van der Waals surface area contributed by atoms with Crippen molar-refractivity contribution < 1.29 is 13.2 Å². The molecule has 2 aromatic rings. The zero-order chi connectivity index (χ0) is 19.3. The molecule has 7 nitrogen and oxygen atoms in total. The largest absolute Gasteiger partial charge is 0.334 e. The molecule has 1 atom stereocenters. The number of carbonyl (C=O) groups is 1. The fourth-order valence-corrected chi connectivity index (χ4v) is 5.84. The quantitative estimate of drug-likeness (QED) is 0.739. The van der Waals surface area contributed by atoms with E-state index in [0.717, 1.165) is 12.8 Å². The average Bonchev–Trinajstić information content (AvgIpc) is 3.34. The molecule has 0 N–H and O–H groups in total. The Kier molecular flexibility index (Phi) is 4.68. The van der Waals surface area contributed by atoms with Gasteiger partial charge in [-0.15, -0.1) is 0 Å². The van der Waals surface area contributed by atoms with Crippen molar-refractivity contribution in [2.24, 2.45) is 0 Å². The molecule has 4 rings (SSSR count). The van der Waals surface area contributed by atoms with Crippen LogP contribution in [0.1, 0.15) is 19.3 Å². The number of benzene rings is 1. The SMILES string of the molecule is O=C(Cn1cnc2c(Cl)cc(Cl)cc2c1=O)N(C1CC1)[C@H]1CCS(=O)(=O)C1. The summed E-state index contributed by atoms with van der Waals surface area (Å²) in [6, 6.07) is 2.72. The molecular weight excluding hydrogens is 413 g/mol. The average molecular weight is 430 g/mol. The Labute approximate surface area is 165 Å². The molecule has 2 fully saturated rings. The van der Waals surface area contributed by atoms with Crippen LogP contribution in [0.5, 0.6) is 0 Å². The lowest BCUT2D eigenvalue weighted by atomic mass is 10.2. The maximum absolute atomic E-state index is 12.9. The minimum Gasteiger partial charge on any atom is -0.334 e. The van der Waals surface area contributed by atoms with E-state index in [1.54, 1.807) is 4.90 Å². The molecule has 10 heteroatoms. The van der Waals surface area contributed by atoms with E-state index in [2.05, 4.69) is 4.98 Å². The topological polar surface area (TPSA) is 89.3 Å². The fraction of sp³-hybridized carbons (Fsp3) is 0.471. The highest BCUT2D eigenvalue weighted by molar-refractivity contribution is 7.91. The number of amides is 1. The molecular formula is C17H17Cl2N3O4S. The van der Waals surface area contributed by atoms with Crippen LogP contribution in [0, 0.1) is 0 Å². The molecule has 1 amide bonds. The summed E-state index contributed by atoms with van der Waals surface area (Å²) in [4.78, 5) is 31.5. The van der Waals surface area contributed by atoms with Gasteiger partial charge in [0.15, 0.2) is 9.84 Å². The van der Waals surface area contributed by atoms with Crippen molar-refractivity contribution in [2.45, 2.75) is 37.9 Å². The van der Waals surface area contributed by atoms with Gasteiger partial charge in [-0.05, 0) is 31.4 Å². The van der Waals surface area contributed by atoms with Crippen LogP contribution in [0.3, 0.4) is 0 Å². The normalized spacial score (nSPS) is 21.5. The van der Waals surface area contributed by atoms with Crippen molar-refractivity contribution in [3.05, 3.63) is 38.9 Å². The van der Waals surface area contributed by atoms with Gasteiger partial charge in [-0.25, -0.2) is 13.4 Å². The first kappa shape index (κ1) is 18.7. The van der Waals surface area contributed by atoms with E-state index in [9.17, 15) is 18.0 Å². The lowest BCUT2D eigenvalue weighted by Crippen LogP contribution is -2.45. The summed E-state index contributed by atoms with van der Waals surface area (Å²) in [5.41, 5.74) is -0.0803. The zero-order valence-corrected chi connectivity index (χ0v) is 16.6. The Morgan fingerprint density at radius 3 is 2.59 bits per heavy atom. The van der Waals surface area contributed by atoms with Crippen molar-refractivity contribution in [3.63, 3.8) is 0 Å². The highest BCUT2D eigenvalue weighted by Crippen LogP contribution is 2.32. The van der Waals surface area contributed by atoms with Gasteiger partial charge in [0.05, 0.1) is 33.8 Å². The molecule has 1 aliphatic carbocycles. The van der Waals surface area contributed by atoms with Gasteiger partial charge in [-0.3, -0.25) is 14.2 Å². The Morgan fingerprint density at radius 2 is 1.96 bits per heavy atom. The molecule has 1 aliphatic heterocycles. The number of sulfone groups is 1. The molecule has 144 valence electrons. The predicted molar refractivity (Wildman–Crippen MR) is 103 cm³/mol. The third kappa shape index (κ3) is 3.70. The number of nitrogens with zero attached hydrogens (tertiary/aromatic N) is 3. The van der Waals surface area contributed by atoms with Crippen molar-refractivity contribution in [1.29, 1.82) is 0 Å². The number of hydrogen-bond acceptors (Lipinski definition) is 5. The van der Waals surface area contributed by atoms with Gasteiger partial charge in [0.2, 0.25) is 5.91 Å². The van der Waals surface area contributed by atoms with Crippen LogP contribution < -0.4 is 5.56 Å². The van der Waals surface area contributed by atoms with Gasteiger partial charge >= 0.3 is 0 Å².